The van der Waals surface area contributed by atoms with E-state index in [0.29, 0.717) is 5.82 Å². The fourth-order valence-electron chi connectivity index (χ4n) is 1.80. The minimum atomic E-state index is 0.687. The highest BCUT2D eigenvalue weighted by Crippen LogP contribution is 2.36. The number of pyridine rings is 1. The standard InChI is InChI=1S/C12H10BrN3S/c1-7-2-3-9-15-10(12(14)16(9)6-7)11-8(13)4-5-17-11/h2-6H,14H2,1H3. The zero-order valence-corrected chi connectivity index (χ0v) is 11.5. The first-order chi connectivity index (χ1) is 8.16. The Bertz CT molecular complexity index is 699. The Kier molecular flexibility index (Phi) is 2.45. The van der Waals surface area contributed by atoms with Gasteiger partial charge in [-0.2, -0.15) is 0 Å². The minimum Gasteiger partial charge on any atom is -0.383 e. The first-order valence-electron chi connectivity index (χ1n) is 5.14. The molecule has 5 heteroatoms. The number of hydrogen-bond acceptors (Lipinski definition) is 3. The maximum atomic E-state index is 6.15. The molecule has 0 aliphatic carbocycles. The molecule has 0 amide bonds. The molecule has 0 aromatic carbocycles. The lowest BCUT2D eigenvalue weighted by molar-refractivity contribution is 1.16. The lowest BCUT2D eigenvalue weighted by Crippen LogP contribution is -1.94. The SMILES string of the molecule is Cc1ccc2nc(-c3sccc3Br)c(N)n2c1. The Morgan fingerprint density at radius 1 is 1.35 bits per heavy atom. The monoisotopic (exact) mass is 307 g/mol. The van der Waals surface area contributed by atoms with Crippen molar-refractivity contribution in [2.24, 2.45) is 0 Å². The summed E-state index contributed by atoms with van der Waals surface area (Å²) in [7, 11) is 0. The van der Waals surface area contributed by atoms with Gasteiger partial charge in [-0.15, -0.1) is 11.3 Å². The smallest absolute Gasteiger partial charge is 0.139 e. The van der Waals surface area contributed by atoms with Crippen LogP contribution in [0.4, 0.5) is 5.82 Å². The van der Waals surface area contributed by atoms with Crippen molar-refractivity contribution in [3.05, 3.63) is 39.8 Å². The Morgan fingerprint density at radius 3 is 2.88 bits per heavy atom. The molecule has 0 saturated carbocycles. The molecule has 17 heavy (non-hydrogen) atoms. The number of halogens is 1. The summed E-state index contributed by atoms with van der Waals surface area (Å²) in [4.78, 5) is 5.65. The molecule has 3 aromatic rings. The van der Waals surface area contributed by atoms with E-state index in [9.17, 15) is 0 Å². The zero-order valence-electron chi connectivity index (χ0n) is 9.14. The van der Waals surface area contributed by atoms with Crippen LogP contribution >= 0.6 is 27.3 Å². The third-order valence-corrected chi connectivity index (χ3v) is 4.48. The van der Waals surface area contributed by atoms with E-state index in [4.69, 9.17) is 5.73 Å². The van der Waals surface area contributed by atoms with E-state index < -0.39 is 0 Å². The van der Waals surface area contributed by atoms with Crippen molar-refractivity contribution in [2.75, 3.05) is 5.73 Å². The molecule has 0 spiro atoms. The third-order valence-electron chi connectivity index (χ3n) is 2.64. The molecule has 3 aromatic heterocycles. The van der Waals surface area contributed by atoms with Crippen molar-refractivity contribution in [3.63, 3.8) is 0 Å². The van der Waals surface area contributed by atoms with E-state index in [1.807, 2.05) is 41.1 Å². The second-order valence-corrected chi connectivity index (χ2v) is 5.65. The number of hydrogen-bond donors (Lipinski definition) is 1. The van der Waals surface area contributed by atoms with Gasteiger partial charge in [0.2, 0.25) is 0 Å². The molecule has 3 heterocycles. The maximum absolute atomic E-state index is 6.15. The highest BCUT2D eigenvalue weighted by Gasteiger charge is 2.14. The number of thiophene rings is 1. The number of aromatic nitrogens is 2. The number of nitrogens with two attached hydrogens (primary N) is 1. The van der Waals surface area contributed by atoms with Crippen molar-refractivity contribution in [1.29, 1.82) is 0 Å². The van der Waals surface area contributed by atoms with Gasteiger partial charge >= 0.3 is 0 Å². The molecule has 0 radical (unpaired) electrons. The molecule has 0 atom stereocenters. The van der Waals surface area contributed by atoms with Gasteiger partial charge in [-0.1, -0.05) is 6.07 Å². The fraction of sp³-hybridized carbons (Fsp3) is 0.0833. The van der Waals surface area contributed by atoms with E-state index in [1.54, 1.807) is 11.3 Å². The van der Waals surface area contributed by atoms with Gasteiger partial charge in [0.1, 0.15) is 17.2 Å². The summed E-state index contributed by atoms with van der Waals surface area (Å²) < 4.78 is 2.96. The van der Waals surface area contributed by atoms with Gasteiger partial charge < -0.3 is 5.73 Å². The molecule has 3 rings (SSSR count). The van der Waals surface area contributed by atoms with Crippen molar-refractivity contribution >= 4 is 38.7 Å². The number of nitrogen functional groups attached to an aromatic ring is 1. The summed E-state index contributed by atoms with van der Waals surface area (Å²) >= 11 is 5.15. The van der Waals surface area contributed by atoms with Gasteiger partial charge in [-0.25, -0.2) is 4.98 Å². The molecular formula is C12H10BrN3S. The van der Waals surface area contributed by atoms with E-state index in [1.165, 1.54) is 5.56 Å². The summed E-state index contributed by atoms with van der Waals surface area (Å²) in [5, 5.41) is 2.02. The zero-order chi connectivity index (χ0) is 12.0. The molecule has 2 N–H and O–H groups in total. The van der Waals surface area contributed by atoms with Gasteiger partial charge in [0, 0.05) is 10.7 Å². The van der Waals surface area contributed by atoms with Crippen LogP contribution in [0, 0.1) is 6.92 Å². The molecule has 0 unspecified atom stereocenters. The second-order valence-electron chi connectivity index (χ2n) is 3.88. The predicted molar refractivity (Wildman–Crippen MR) is 75.4 cm³/mol. The van der Waals surface area contributed by atoms with Gasteiger partial charge in [-0.3, -0.25) is 4.40 Å². The molecule has 0 aliphatic heterocycles. The predicted octanol–water partition coefficient (Wildman–Crippen LogP) is 3.72. The molecule has 0 aliphatic rings. The molecule has 86 valence electrons. The van der Waals surface area contributed by atoms with Crippen LogP contribution in [0.1, 0.15) is 5.56 Å². The van der Waals surface area contributed by atoms with Crippen molar-refractivity contribution in [2.45, 2.75) is 6.92 Å². The minimum absolute atomic E-state index is 0.687. The quantitative estimate of drug-likeness (QED) is 0.744. The molecular weight excluding hydrogens is 298 g/mol. The Labute approximate surface area is 111 Å². The van der Waals surface area contributed by atoms with Crippen LogP contribution < -0.4 is 5.73 Å². The molecule has 3 nitrogen and oxygen atoms in total. The lowest BCUT2D eigenvalue weighted by atomic mass is 10.3. The van der Waals surface area contributed by atoms with E-state index in [-0.39, 0.29) is 0 Å². The van der Waals surface area contributed by atoms with Crippen LogP contribution in [-0.4, -0.2) is 9.38 Å². The Balaban J connectivity index is 2.32. The van der Waals surface area contributed by atoms with Gasteiger partial charge in [0.25, 0.3) is 0 Å². The van der Waals surface area contributed by atoms with Crippen LogP contribution in [-0.2, 0) is 0 Å². The van der Waals surface area contributed by atoms with Crippen LogP contribution in [0.2, 0.25) is 0 Å². The fourth-order valence-corrected chi connectivity index (χ4v) is 3.36. The lowest BCUT2D eigenvalue weighted by Gasteiger charge is -1.98. The van der Waals surface area contributed by atoms with Crippen LogP contribution in [0.3, 0.4) is 0 Å². The Hall–Kier alpha value is -1.33. The van der Waals surface area contributed by atoms with E-state index in [2.05, 4.69) is 20.9 Å². The average Bonchev–Trinajstić information content (AvgIpc) is 2.84. The number of imidazole rings is 1. The van der Waals surface area contributed by atoms with E-state index >= 15 is 0 Å². The van der Waals surface area contributed by atoms with Crippen LogP contribution in [0.25, 0.3) is 16.2 Å². The summed E-state index contributed by atoms with van der Waals surface area (Å²) in [6, 6.07) is 6.03. The van der Waals surface area contributed by atoms with Crippen LogP contribution in [0.15, 0.2) is 34.2 Å². The number of anilines is 1. The summed E-state index contributed by atoms with van der Waals surface area (Å²) in [6.45, 7) is 2.04. The highest BCUT2D eigenvalue weighted by molar-refractivity contribution is 9.10. The maximum Gasteiger partial charge on any atom is 0.139 e. The number of fused-ring (bicyclic) bond motifs is 1. The van der Waals surface area contributed by atoms with Crippen molar-refractivity contribution < 1.29 is 0 Å². The summed E-state index contributed by atoms with van der Waals surface area (Å²) in [5.74, 6) is 0.687. The van der Waals surface area contributed by atoms with E-state index in [0.717, 1.165) is 20.7 Å². The molecule has 0 fully saturated rings. The van der Waals surface area contributed by atoms with Crippen molar-refractivity contribution in [3.8, 4) is 10.6 Å². The number of nitrogens with zero attached hydrogens (tertiary/aromatic N) is 2. The second kappa shape index (κ2) is 3.85. The van der Waals surface area contributed by atoms with Crippen LogP contribution in [0.5, 0.6) is 0 Å². The highest BCUT2D eigenvalue weighted by atomic mass is 79.9. The van der Waals surface area contributed by atoms with Gasteiger partial charge in [0.05, 0.1) is 4.88 Å². The normalized spacial score (nSPS) is 11.2. The van der Waals surface area contributed by atoms with Crippen molar-refractivity contribution in [1.82, 2.24) is 9.38 Å². The third kappa shape index (κ3) is 1.66. The Morgan fingerprint density at radius 2 is 2.18 bits per heavy atom. The van der Waals surface area contributed by atoms with Gasteiger partial charge in [0.15, 0.2) is 0 Å². The summed E-state index contributed by atoms with van der Waals surface area (Å²) in [5.41, 5.74) is 9.04. The summed E-state index contributed by atoms with van der Waals surface area (Å²) in [6.07, 6.45) is 2.00. The first kappa shape index (κ1) is 10.8. The first-order valence-corrected chi connectivity index (χ1v) is 6.81. The topological polar surface area (TPSA) is 43.3 Å². The number of rotatable bonds is 1. The molecule has 0 saturated heterocycles. The van der Waals surface area contributed by atoms with Gasteiger partial charge in [-0.05, 0) is 45.9 Å². The molecule has 0 bridgehead atoms. The largest absolute Gasteiger partial charge is 0.383 e. The number of aryl methyl sites for hydroxylation is 1. The average molecular weight is 308 g/mol.